The predicted octanol–water partition coefficient (Wildman–Crippen LogP) is -1.19. The Morgan fingerprint density at radius 1 is 1.50 bits per heavy atom. The first kappa shape index (κ1) is 18.8. The molecule has 1 aromatic rings. The normalized spacial score (nSPS) is 13.1. The number of aromatic nitrogens is 2. The summed E-state index contributed by atoms with van der Waals surface area (Å²) in [6.07, 6.45) is -0.287. The molecule has 1 heterocycles. The highest BCUT2D eigenvalue weighted by atomic mass is 31.2. The quantitative estimate of drug-likeness (QED) is 0.306. The van der Waals surface area contributed by atoms with E-state index >= 15 is 0 Å². The number of nitrogens with one attached hydrogen (secondary N) is 1. The molecule has 0 saturated carbocycles. The van der Waals surface area contributed by atoms with Gasteiger partial charge in [-0.3, -0.25) is 9.13 Å². The lowest BCUT2D eigenvalue weighted by Crippen LogP contribution is -2.32. The molecular weight excluding hydrogens is 317 g/mol. The van der Waals surface area contributed by atoms with Crippen LogP contribution in [0.5, 0.6) is 0 Å². The van der Waals surface area contributed by atoms with Gasteiger partial charge in [0.25, 0.3) is 0 Å². The van der Waals surface area contributed by atoms with Gasteiger partial charge in [-0.25, -0.2) is 4.79 Å². The van der Waals surface area contributed by atoms with E-state index in [0.717, 1.165) is 0 Å². The molecule has 0 spiro atoms. The van der Waals surface area contributed by atoms with Crippen LogP contribution in [-0.2, 0) is 20.6 Å². The second-order valence-corrected chi connectivity index (χ2v) is 6.02. The van der Waals surface area contributed by atoms with Gasteiger partial charge in [0.1, 0.15) is 12.2 Å². The number of rotatable bonds is 10. The van der Waals surface area contributed by atoms with E-state index in [1.54, 1.807) is 13.2 Å². The summed E-state index contributed by atoms with van der Waals surface area (Å²) in [6, 6.07) is 1.56. The van der Waals surface area contributed by atoms with Crippen LogP contribution in [0.3, 0.4) is 0 Å². The highest BCUT2D eigenvalue weighted by Crippen LogP contribution is 2.34. The van der Waals surface area contributed by atoms with Crippen LogP contribution in [0, 0.1) is 0 Å². The molecule has 0 unspecified atom stereocenters. The summed E-state index contributed by atoms with van der Waals surface area (Å²) >= 11 is 0. The van der Waals surface area contributed by atoms with Crippen molar-refractivity contribution in [3.8, 4) is 0 Å². The fourth-order valence-corrected chi connectivity index (χ4v) is 1.94. The maximum atomic E-state index is 11.8. The van der Waals surface area contributed by atoms with Crippen molar-refractivity contribution < 1.29 is 28.9 Å². The van der Waals surface area contributed by atoms with Crippen molar-refractivity contribution in [2.45, 2.75) is 12.6 Å². The fraction of sp³-hybridized carbons (Fsp3) is 0.636. The fourth-order valence-electron chi connectivity index (χ4n) is 1.53. The number of aliphatic hydroxyl groups excluding tert-OH is 1. The molecule has 22 heavy (non-hydrogen) atoms. The van der Waals surface area contributed by atoms with Crippen molar-refractivity contribution in [2.24, 2.45) is 0 Å². The summed E-state index contributed by atoms with van der Waals surface area (Å²) in [5.41, 5.74) is -0.569. The number of hydrogen-bond acceptors (Lipinski definition) is 7. The Kier molecular flexibility index (Phi) is 7.66. The minimum absolute atomic E-state index is 0.0688. The second-order valence-electron chi connectivity index (χ2n) is 4.43. The van der Waals surface area contributed by atoms with Gasteiger partial charge in [0.15, 0.2) is 0 Å². The summed E-state index contributed by atoms with van der Waals surface area (Å²) in [4.78, 5) is 33.1. The van der Waals surface area contributed by atoms with Gasteiger partial charge in [-0.1, -0.05) is 0 Å². The molecule has 1 rings (SSSR count). The van der Waals surface area contributed by atoms with E-state index < -0.39 is 32.3 Å². The molecule has 10 nitrogen and oxygen atoms in total. The van der Waals surface area contributed by atoms with Crippen LogP contribution >= 0.6 is 7.60 Å². The van der Waals surface area contributed by atoms with Crippen LogP contribution in [0.15, 0.2) is 17.1 Å². The van der Waals surface area contributed by atoms with Crippen LogP contribution in [-0.4, -0.2) is 63.8 Å². The Bertz CT molecular complexity index is 559. The minimum atomic E-state index is -4.33. The van der Waals surface area contributed by atoms with Crippen LogP contribution in [0.4, 0.5) is 5.82 Å². The molecule has 0 aliphatic heterocycles. The van der Waals surface area contributed by atoms with Crippen molar-refractivity contribution in [2.75, 3.05) is 38.5 Å². The zero-order valence-corrected chi connectivity index (χ0v) is 13.0. The molecule has 0 radical (unpaired) electrons. The largest absolute Gasteiger partial charge is 0.394 e. The van der Waals surface area contributed by atoms with E-state index in [2.05, 4.69) is 10.3 Å². The molecule has 0 aromatic carbocycles. The van der Waals surface area contributed by atoms with E-state index in [-0.39, 0.29) is 6.54 Å². The molecule has 0 fully saturated rings. The van der Waals surface area contributed by atoms with Gasteiger partial charge in [-0.05, 0) is 6.07 Å². The number of hydrogen-bond donors (Lipinski definition) is 4. The molecule has 0 bridgehead atoms. The van der Waals surface area contributed by atoms with E-state index in [0.29, 0.717) is 19.0 Å². The minimum Gasteiger partial charge on any atom is -0.394 e. The number of anilines is 1. The SMILES string of the molecule is COCCNc1ccn(C[C@@H](CO)OCP(=O)(O)O)c(=O)n1. The van der Waals surface area contributed by atoms with Crippen molar-refractivity contribution >= 4 is 13.4 Å². The first-order valence-corrected chi connectivity index (χ1v) is 8.23. The van der Waals surface area contributed by atoms with E-state index in [1.807, 2.05) is 0 Å². The highest BCUT2D eigenvalue weighted by Gasteiger charge is 2.18. The van der Waals surface area contributed by atoms with Gasteiger partial charge in [0.2, 0.25) is 0 Å². The van der Waals surface area contributed by atoms with E-state index in [9.17, 15) is 9.36 Å². The third kappa shape index (κ3) is 7.12. The maximum absolute atomic E-state index is 11.8. The number of aliphatic hydroxyl groups is 1. The Balaban J connectivity index is 2.64. The summed E-state index contributed by atoms with van der Waals surface area (Å²) in [5.74, 6) is 0.384. The lowest BCUT2D eigenvalue weighted by molar-refractivity contribution is 0.0188. The highest BCUT2D eigenvalue weighted by molar-refractivity contribution is 7.51. The Morgan fingerprint density at radius 3 is 2.77 bits per heavy atom. The summed E-state index contributed by atoms with van der Waals surface area (Å²) in [7, 11) is -2.78. The predicted molar refractivity (Wildman–Crippen MR) is 77.7 cm³/mol. The smallest absolute Gasteiger partial charge is 0.350 e. The molecule has 0 aliphatic rings. The van der Waals surface area contributed by atoms with Crippen molar-refractivity contribution in [3.05, 3.63) is 22.7 Å². The summed E-state index contributed by atoms with van der Waals surface area (Å²) in [5, 5.41) is 12.0. The Morgan fingerprint density at radius 2 is 2.23 bits per heavy atom. The number of ether oxygens (including phenoxy) is 2. The molecular formula is C11H20N3O7P. The number of methoxy groups -OCH3 is 1. The molecule has 11 heteroatoms. The molecule has 1 aromatic heterocycles. The van der Waals surface area contributed by atoms with Gasteiger partial charge in [0.05, 0.1) is 25.9 Å². The first-order valence-electron chi connectivity index (χ1n) is 6.43. The molecule has 0 saturated heterocycles. The van der Waals surface area contributed by atoms with Crippen LogP contribution in [0.2, 0.25) is 0 Å². The summed E-state index contributed by atoms with van der Waals surface area (Å²) < 4.78 is 21.7. The van der Waals surface area contributed by atoms with E-state index in [1.165, 1.54) is 10.8 Å². The van der Waals surface area contributed by atoms with Crippen molar-refractivity contribution in [1.29, 1.82) is 0 Å². The standard InChI is InChI=1S/C11H20N3O7P/c1-20-5-3-12-10-2-4-14(11(16)13-10)6-9(7-15)21-8-22(17,18)19/h2,4,9,15H,3,5-8H2,1H3,(H,12,13,16)(H2,17,18,19)/t9-/m0/s1. The van der Waals surface area contributed by atoms with Gasteiger partial charge < -0.3 is 29.7 Å². The lowest BCUT2D eigenvalue weighted by Gasteiger charge is -2.17. The van der Waals surface area contributed by atoms with Gasteiger partial charge in [-0.15, -0.1) is 0 Å². The van der Waals surface area contributed by atoms with Gasteiger partial charge in [-0.2, -0.15) is 4.98 Å². The van der Waals surface area contributed by atoms with Gasteiger partial charge >= 0.3 is 13.3 Å². The molecule has 0 aliphatic carbocycles. The average molecular weight is 337 g/mol. The van der Waals surface area contributed by atoms with Crippen LogP contribution in [0.25, 0.3) is 0 Å². The molecule has 126 valence electrons. The zero-order valence-electron chi connectivity index (χ0n) is 12.1. The van der Waals surface area contributed by atoms with Crippen LogP contribution < -0.4 is 11.0 Å². The third-order valence-corrected chi connectivity index (χ3v) is 3.05. The topological polar surface area (TPSA) is 143 Å². The maximum Gasteiger partial charge on any atom is 0.350 e. The van der Waals surface area contributed by atoms with Crippen LogP contribution in [0.1, 0.15) is 0 Å². The second kappa shape index (κ2) is 8.99. The molecule has 0 amide bonds. The lowest BCUT2D eigenvalue weighted by atomic mass is 10.3. The Hall–Kier alpha value is -1.29. The molecule has 4 N–H and O–H groups in total. The number of nitrogens with zero attached hydrogens (tertiary/aromatic N) is 2. The van der Waals surface area contributed by atoms with Crippen molar-refractivity contribution in [3.63, 3.8) is 0 Å². The average Bonchev–Trinajstić information content (AvgIpc) is 2.45. The zero-order chi connectivity index (χ0) is 16.6. The van der Waals surface area contributed by atoms with Crippen molar-refractivity contribution in [1.82, 2.24) is 9.55 Å². The van der Waals surface area contributed by atoms with E-state index in [4.69, 9.17) is 24.4 Å². The van der Waals surface area contributed by atoms with Gasteiger partial charge in [0, 0.05) is 19.9 Å². The first-order chi connectivity index (χ1) is 10.4. The monoisotopic (exact) mass is 337 g/mol. The molecule has 1 atom stereocenters. The third-order valence-electron chi connectivity index (χ3n) is 2.57. The summed E-state index contributed by atoms with van der Waals surface area (Å²) in [6.45, 7) is 0.409. The Labute approximate surface area is 126 Å².